The van der Waals surface area contributed by atoms with Gasteiger partial charge in [0.25, 0.3) is 0 Å². The number of halogens is 3. The SMILES string of the molecule is CN(C)c1ccc(NCc2ccc(F)cc2Br)cc1Cl. The van der Waals surface area contributed by atoms with E-state index in [4.69, 9.17) is 11.6 Å². The molecule has 0 spiro atoms. The highest BCUT2D eigenvalue weighted by molar-refractivity contribution is 9.10. The highest BCUT2D eigenvalue weighted by atomic mass is 79.9. The first kappa shape index (κ1) is 15.1. The van der Waals surface area contributed by atoms with E-state index >= 15 is 0 Å². The van der Waals surface area contributed by atoms with Crippen LogP contribution >= 0.6 is 27.5 Å². The molecule has 0 heterocycles. The summed E-state index contributed by atoms with van der Waals surface area (Å²) in [5.74, 6) is -0.251. The summed E-state index contributed by atoms with van der Waals surface area (Å²) in [6.07, 6.45) is 0. The molecule has 0 amide bonds. The fourth-order valence-corrected chi connectivity index (χ4v) is 2.68. The zero-order valence-electron chi connectivity index (χ0n) is 11.3. The number of anilines is 2. The van der Waals surface area contributed by atoms with Gasteiger partial charge in [-0.2, -0.15) is 0 Å². The molecule has 0 unspecified atom stereocenters. The minimum absolute atomic E-state index is 0.251. The predicted molar refractivity (Wildman–Crippen MR) is 87.2 cm³/mol. The fourth-order valence-electron chi connectivity index (χ4n) is 1.84. The molecule has 0 radical (unpaired) electrons. The molecule has 0 atom stereocenters. The molecule has 0 aliphatic heterocycles. The lowest BCUT2D eigenvalue weighted by molar-refractivity contribution is 0.626. The monoisotopic (exact) mass is 356 g/mol. The van der Waals surface area contributed by atoms with Crippen LogP contribution in [0.3, 0.4) is 0 Å². The minimum Gasteiger partial charge on any atom is -0.381 e. The van der Waals surface area contributed by atoms with Gasteiger partial charge in [-0.25, -0.2) is 4.39 Å². The lowest BCUT2D eigenvalue weighted by Crippen LogP contribution is -2.09. The first-order valence-electron chi connectivity index (χ1n) is 6.12. The molecule has 0 aliphatic rings. The summed E-state index contributed by atoms with van der Waals surface area (Å²) >= 11 is 9.57. The van der Waals surface area contributed by atoms with Crippen molar-refractivity contribution in [2.75, 3.05) is 24.3 Å². The van der Waals surface area contributed by atoms with Crippen LogP contribution in [0.5, 0.6) is 0 Å². The van der Waals surface area contributed by atoms with Crippen molar-refractivity contribution in [3.05, 3.63) is 57.3 Å². The Balaban J connectivity index is 2.09. The smallest absolute Gasteiger partial charge is 0.124 e. The molecule has 0 saturated heterocycles. The van der Waals surface area contributed by atoms with Crippen LogP contribution in [-0.2, 0) is 6.54 Å². The van der Waals surface area contributed by atoms with Crippen LogP contribution in [0.15, 0.2) is 40.9 Å². The summed E-state index contributed by atoms with van der Waals surface area (Å²) < 4.78 is 13.8. The maximum Gasteiger partial charge on any atom is 0.124 e. The molecule has 0 fully saturated rings. The highest BCUT2D eigenvalue weighted by Crippen LogP contribution is 2.28. The fraction of sp³-hybridized carbons (Fsp3) is 0.200. The van der Waals surface area contributed by atoms with Crippen molar-refractivity contribution in [1.29, 1.82) is 0 Å². The summed E-state index contributed by atoms with van der Waals surface area (Å²) in [6, 6.07) is 10.5. The molecular weight excluding hydrogens is 343 g/mol. The number of nitrogens with one attached hydrogen (secondary N) is 1. The molecule has 2 rings (SSSR count). The van der Waals surface area contributed by atoms with E-state index in [-0.39, 0.29) is 5.82 Å². The van der Waals surface area contributed by atoms with E-state index in [1.165, 1.54) is 12.1 Å². The highest BCUT2D eigenvalue weighted by Gasteiger charge is 2.05. The van der Waals surface area contributed by atoms with Crippen molar-refractivity contribution in [1.82, 2.24) is 0 Å². The molecule has 5 heteroatoms. The van der Waals surface area contributed by atoms with Gasteiger partial charge in [0.1, 0.15) is 5.82 Å². The van der Waals surface area contributed by atoms with E-state index in [2.05, 4.69) is 21.2 Å². The van der Waals surface area contributed by atoms with Crippen molar-refractivity contribution in [2.24, 2.45) is 0 Å². The van der Waals surface area contributed by atoms with Gasteiger partial charge >= 0.3 is 0 Å². The molecule has 2 aromatic rings. The van der Waals surface area contributed by atoms with Crippen molar-refractivity contribution in [3.63, 3.8) is 0 Å². The van der Waals surface area contributed by atoms with Gasteiger partial charge in [-0.3, -0.25) is 0 Å². The maximum absolute atomic E-state index is 13.0. The van der Waals surface area contributed by atoms with E-state index in [0.717, 1.165) is 21.4 Å². The summed E-state index contributed by atoms with van der Waals surface area (Å²) in [7, 11) is 3.90. The van der Waals surface area contributed by atoms with Gasteiger partial charge in [0.2, 0.25) is 0 Å². The van der Waals surface area contributed by atoms with Crippen molar-refractivity contribution in [3.8, 4) is 0 Å². The molecule has 106 valence electrons. The minimum atomic E-state index is -0.251. The Hall–Kier alpha value is -1.26. The maximum atomic E-state index is 13.0. The molecular formula is C15H15BrClFN2. The average Bonchev–Trinajstić information content (AvgIpc) is 2.37. The Kier molecular flexibility index (Phi) is 4.89. The van der Waals surface area contributed by atoms with Gasteiger partial charge in [0, 0.05) is 30.8 Å². The summed E-state index contributed by atoms with van der Waals surface area (Å²) in [4.78, 5) is 1.96. The zero-order valence-corrected chi connectivity index (χ0v) is 13.6. The van der Waals surface area contributed by atoms with Gasteiger partial charge in [0.15, 0.2) is 0 Å². The summed E-state index contributed by atoms with van der Waals surface area (Å²) in [5.41, 5.74) is 2.89. The topological polar surface area (TPSA) is 15.3 Å². The lowest BCUT2D eigenvalue weighted by atomic mass is 10.2. The Morgan fingerprint density at radius 2 is 1.95 bits per heavy atom. The Labute approximate surface area is 131 Å². The molecule has 1 N–H and O–H groups in total. The number of hydrogen-bond acceptors (Lipinski definition) is 2. The largest absolute Gasteiger partial charge is 0.381 e. The van der Waals surface area contributed by atoms with E-state index in [0.29, 0.717) is 11.6 Å². The molecule has 0 aliphatic carbocycles. The van der Waals surface area contributed by atoms with Crippen LogP contribution in [0.4, 0.5) is 15.8 Å². The van der Waals surface area contributed by atoms with Crippen molar-refractivity contribution < 1.29 is 4.39 Å². The molecule has 20 heavy (non-hydrogen) atoms. The Bertz CT molecular complexity index is 617. The molecule has 2 aromatic carbocycles. The third-order valence-corrected chi connectivity index (χ3v) is 3.97. The van der Waals surface area contributed by atoms with Gasteiger partial charge < -0.3 is 10.2 Å². The normalized spacial score (nSPS) is 10.4. The first-order valence-corrected chi connectivity index (χ1v) is 7.29. The summed E-state index contributed by atoms with van der Waals surface area (Å²) in [6.45, 7) is 0.596. The second kappa shape index (κ2) is 6.46. The van der Waals surface area contributed by atoms with Crippen LogP contribution in [0.2, 0.25) is 5.02 Å². The van der Waals surface area contributed by atoms with Crippen molar-refractivity contribution >= 4 is 38.9 Å². The second-order valence-electron chi connectivity index (χ2n) is 4.65. The quantitative estimate of drug-likeness (QED) is 0.835. The third-order valence-electron chi connectivity index (χ3n) is 2.93. The van der Waals surface area contributed by atoms with E-state index < -0.39 is 0 Å². The van der Waals surface area contributed by atoms with Gasteiger partial charge in [0.05, 0.1) is 10.7 Å². The van der Waals surface area contributed by atoms with Crippen LogP contribution in [0.25, 0.3) is 0 Å². The van der Waals surface area contributed by atoms with E-state index in [1.54, 1.807) is 6.07 Å². The molecule has 0 saturated carbocycles. The standard InChI is InChI=1S/C15H15BrClFN2/c1-20(2)15-6-5-12(8-14(15)17)19-9-10-3-4-11(18)7-13(10)16/h3-8,19H,9H2,1-2H3. The first-order chi connectivity index (χ1) is 9.47. The Morgan fingerprint density at radius 1 is 1.20 bits per heavy atom. The van der Waals surface area contributed by atoms with E-state index in [1.807, 2.05) is 37.2 Å². The van der Waals surface area contributed by atoms with Crippen LogP contribution in [0.1, 0.15) is 5.56 Å². The van der Waals surface area contributed by atoms with Gasteiger partial charge in [-0.15, -0.1) is 0 Å². The van der Waals surface area contributed by atoms with Crippen LogP contribution < -0.4 is 10.2 Å². The van der Waals surface area contributed by atoms with Crippen molar-refractivity contribution in [2.45, 2.75) is 6.54 Å². The van der Waals surface area contributed by atoms with Gasteiger partial charge in [-0.05, 0) is 35.9 Å². The van der Waals surface area contributed by atoms with Gasteiger partial charge in [-0.1, -0.05) is 33.6 Å². The molecule has 2 nitrogen and oxygen atoms in total. The number of rotatable bonds is 4. The number of hydrogen-bond donors (Lipinski definition) is 1. The zero-order chi connectivity index (χ0) is 14.7. The second-order valence-corrected chi connectivity index (χ2v) is 5.91. The lowest BCUT2D eigenvalue weighted by Gasteiger charge is -2.16. The average molecular weight is 358 g/mol. The molecule has 0 bridgehead atoms. The number of benzene rings is 2. The Morgan fingerprint density at radius 3 is 2.55 bits per heavy atom. The van der Waals surface area contributed by atoms with E-state index in [9.17, 15) is 4.39 Å². The summed E-state index contributed by atoms with van der Waals surface area (Å²) in [5, 5.41) is 3.97. The van der Waals surface area contributed by atoms with Crippen LogP contribution in [0, 0.1) is 5.82 Å². The third kappa shape index (κ3) is 3.64. The number of nitrogens with zero attached hydrogens (tertiary/aromatic N) is 1. The predicted octanol–water partition coefficient (Wildman–Crippen LogP) is 4.92. The molecule has 0 aromatic heterocycles. The van der Waals surface area contributed by atoms with Crippen LogP contribution in [-0.4, -0.2) is 14.1 Å².